The second kappa shape index (κ2) is 7.18. The molecule has 24 heavy (non-hydrogen) atoms. The Hall–Kier alpha value is -2.14. The minimum Gasteiger partial charge on any atom is -0.383 e. The monoisotopic (exact) mass is 327 g/mol. The van der Waals surface area contributed by atoms with E-state index < -0.39 is 6.10 Å². The summed E-state index contributed by atoms with van der Waals surface area (Å²) in [4.78, 5) is 13.9. The van der Waals surface area contributed by atoms with E-state index in [1.165, 1.54) is 11.1 Å². The summed E-state index contributed by atoms with van der Waals surface area (Å²) in [7, 11) is 0. The summed E-state index contributed by atoms with van der Waals surface area (Å²) in [5, 5.41) is 17.2. The molecule has 0 aliphatic carbocycles. The molecule has 0 radical (unpaired) electrons. The molecule has 1 aliphatic rings. The van der Waals surface area contributed by atoms with Crippen LogP contribution in [0, 0.1) is 6.92 Å². The van der Waals surface area contributed by atoms with Gasteiger partial charge in [0.1, 0.15) is 6.10 Å². The highest BCUT2D eigenvalue weighted by molar-refractivity contribution is 5.80. The Morgan fingerprint density at radius 3 is 2.71 bits per heavy atom. The van der Waals surface area contributed by atoms with Crippen molar-refractivity contribution in [3.8, 4) is 11.1 Å². The lowest BCUT2D eigenvalue weighted by molar-refractivity contribution is -0.141. The van der Waals surface area contributed by atoms with Gasteiger partial charge in [0.25, 0.3) is 5.91 Å². The van der Waals surface area contributed by atoms with Gasteiger partial charge in [-0.25, -0.2) is 0 Å². The predicted octanol–water partition coefficient (Wildman–Crippen LogP) is 2.86. The van der Waals surface area contributed by atoms with E-state index in [1.54, 1.807) is 4.90 Å². The number of carbonyl (C=O) groups is 1. The van der Waals surface area contributed by atoms with E-state index in [9.17, 15) is 9.90 Å². The van der Waals surface area contributed by atoms with Gasteiger partial charge in [-0.1, -0.05) is 31.2 Å². The first kappa shape index (κ1) is 16.7. The van der Waals surface area contributed by atoms with E-state index in [4.69, 9.17) is 0 Å². The highest BCUT2D eigenvalue weighted by atomic mass is 16.3. The lowest BCUT2D eigenvalue weighted by atomic mass is 9.88. The maximum atomic E-state index is 12.1. The largest absolute Gasteiger partial charge is 0.383 e. The van der Waals surface area contributed by atoms with Crippen LogP contribution in [0.1, 0.15) is 43.4 Å². The quantitative estimate of drug-likeness (QED) is 0.907. The molecular formula is C19H25N3O2. The van der Waals surface area contributed by atoms with Crippen molar-refractivity contribution in [3.05, 3.63) is 41.7 Å². The smallest absolute Gasteiger partial charge is 0.251 e. The number of carbonyl (C=O) groups excluding carboxylic acids is 1. The second-order valence-electron chi connectivity index (χ2n) is 6.54. The molecule has 2 heterocycles. The number of aromatic nitrogens is 2. The molecule has 5 nitrogen and oxygen atoms in total. The lowest BCUT2D eigenvalue weighted by Gasteiger charge is -2.33. The topological polar surface area (TPSA) is 69.2 Å². The summed E-state index contributed by atoms with van der Waals surface area (Å²) in [6.07, 6.45) is 3.29. The van der Waals surface area contributed by atoms with Crippen LogP contribution in [0.5, 0.6) is 0 Å². The van der Waals surface area contributed by atoms with Crippen LogP contribution in [0.2, 0.25) is 0 Å². The number of aliphatic hydroxyl groups is 1. The van der Waals surface area contributed by atoms with E-state index in [1.807, 2.05) is 25.3 Å². The maximum Gasteiger partial charge on any atom is 0.251 e. The highest BCUT2D eigenvalue weighted by Gasteiger charge is 2.29. The Labute approximate surface area is 142 Å². The molecule has 3 rings (SSSR count). The Morgan fingerprint density at radius 2 is 2.04 bits per heavy atom. The minimum absolute atomic E-state index is 0.139. The number of H-pyrrole nitrogens is 1. The third kappa shape index (κ3) is 3.22. The third-order valence-corrected chi connectivity index (χ3v) is 4.99. The highest BCUT2D eigenvalue weighted by Crippen LogP contribution is 2.35. The first-order valence-electron chi connectivity index (χ1n) is 8.68. The zero-order chi connectivity index (χ0) is 17.1. The number of amides is 1. The van der Waals surface area contributed by atoms with E-state index in [0.29, 0.717) is 25.4 Å². The number of benzene rings is 1. The van der Waals surface area contributed by atoms with Crippen molar-refractivity contribution < 1.29 is 9.90 Å². The molecule has 0 saturated carbocycles. The number of piperidine rings is 1. The van der Waals surface area contributed by atoms with Gasteiger partial charge in [-0.05, 0) is 37.3 Å². The van der Waals surface area contributed by atoms with Crippen molar-refractivity contribution in [2.75, 3.05) is 13.1 Å². The van der Waals surface area contributed by atoms with E-state index in [-0.39, 0.29) is 5.91 Å². The van der Waals surface area contributed by atoms with E-state index >= 15 is 0 Å². The van der Waals surface area contributed by atoms with Crippen molar-refractivity contribution >= 4 is 5.91 Å². The van der Waals surface area contributed by atoms with Crippen molar-refractivity contribution in [1.29, 1.82) is 0 Å². The van der Waals surface area contributed by atoms with Gasteiger partial charge < -0.3 is 10.0 Å². The normalized spacial score (nSPS) is 17.0. The van der Waals surface area contributed by atoms with Gasteiger partial charge in [-0.15, -0.1) is 0 Å². The Kier molecular flexibility index (Phi) is 5.00. The summed E-state index contributed by atoms with van der Waals surface area (Å²) in [5.41, 5.74) is 4.76. The summed E-state index contributed by atoms with van der Waals surface area (Å²) in [6.45, 7) is 5.31. The predicted molar refractivity (Wildman–Crippen MR) is 93.6 cm³/mol. The number of aromatic amines is 1. The lowest BCUT2D eigenvalue weighted by Crippen LogP contribution is -2.43. The number of hydrogen-bond donors (Lipinski definition) is 2. The fraction of sp³-hybridized carbons (Fsp3) is 0.474. The minimum atomic E-state index is -0.865. The maximum absolute atomic E-state index is 12.1. The number of aryl methyl sites for hydroxylation is 1. The van der Waals surface area contributed by atoms with Crippen LogP contribution < -0.4 is 0 Å². The van der Waals surface area contributed by atoms with Crippen LogP contribution >= 0.6 is 0 Å². The van der Waals surface area contributed by atoms with Crippen LogP contribution in [0.15, 0.2) is 30.5 Å². The molecule has 1 fully saturated rings. The number of hydrogen-bond acceptors (Lipinski definition) is 3. The molecule has 5 heteroatoms. The zero-order valence-electron chi connectivity index (χ0n) is 14.3. The molecule has 0 unspecified atom stereocenters. The van der Waals surface area contributed by atoms with Crippen LogP contribution in [0.3, 0.4) is 0 Å². The molecule has 1 saturated heterocycles. The van der Waals surface area contributed by atoms with Crippen molar-refractivity contribution in [3.63, 3.8) is 0 Å². The first-order valence-corrected chi connectivity index (χ1v) is 8.68. The summed E-state index contributed by atoms with van der Waals surface area (Å²) >= 11 is 0. The molecule has 0 bridgehead atoms. The summed E-state index contributed by atoms with van der Waals surface area (Å²) < 4.78 is 0. The number of rotatable bonds is 4. The van der Waals surface area contributed by atoms with Crippen molar-refractivity contribution in [2.24, 2.45) is 0 Å². The van der Waals surface area contributed by atoms with Crippen LogP contribution in [-0.2, 0) is 4.79 Å². The molecule has 1 aromatic heterocycles. The SMILES string of the molecule is CC[C@@H](O)C(=O)N1CCC(c2[nH]ncc2-c2ccccc2C)CC1. The van der Waals surface area contributed by atoms with Crippen molar-refractivity contribution in [1.82, 2.24) is 15.1 Å². The molecule has 2 aromatic rings. The van der Waals surface area contributed by atoms with Gasteiger partial charge in [0, 0.05) is 30.3 Å². The van der Waals surface area contributed by atoms with Gasteiger partial charge in [-0.2, -0.15) is 5.10 Å². The van der Waals surface area contributed by atoms with Gasteiger partial charge in [0.05, 0.1) is 6.20 Å². The van der Waals surface area contributed by atoms with Gasteiger partial charge >= 0.3 is 0 Å². The fourth-order valence-electron chi connectivity index (χ4n) is 3.47. The molecule has 2 N–H and O–H groups in total. The summed E-state index contributed by atoms with van der Waals surface area (Å²) in [6, 6.07) is 8.33. The Balaban J connectivity index is 1.74. The summed E-state index contributed by atoms with van der Waals surface area (Å²) in [5.74, 6) is 0.226. The van der Waals surface area contributed by atoms with Crippen LogP contribution in [0.4, 0.5) is 0 Å². The second-order valence-corrected chi connectivity index (χ2v) is 6.54. The molecule has 1 atom stereocenters. The molecule has 0 spiro atoms. The van der Waals surface area contributed by atoms with Crippen molar-refractivity contribution in [2.45, 2.75) is 45.1 Å². The first-order chi connectivity index (χ1) is 11.6. The molecular weight excluding hydrogens is 302 g/mol. The third-order valence-electron chi connectivity index (χ3n) is 4.99. The number of nitrogens with zero attached hydrogens (tertiary/aromatic N) is 2. The van der Waals surface area contributed by atoms with Gasteiger partial charge in [-0.3, -0.25) is 9.89 Å². The number of aliphatic hydroxyl groups excluding tert-OH is 1. The van der Waals surface area contributed by atoms with E-state index in [0.717, 1.165) is 24.1 Å². The molecule has 1 amide bonds. The fourth-order valence-corrected chi connectivity index (χ4v) is 3.47. The van der Waals surface area contributed by atoms with Gasteiger partial charge in [0.2, 0.25) is 0 Å². The van der Waals surface area contributed by atoms with Gasteiger partial charge in [0.15, 0.2) is 0 Å². The average Bonchev–Trinajstić information content (AvgIpc) is 3.10. The zero-order valence-corrected chi connectivity index (χ0v) is 14.3. The molecule has 128 valence electrons. The Bertz CT molecular complexity index is 702. The average molecular weight is 327 g/mol. The van der Waals surface area contributed by atoms with E-state index in [2.05, 4.69) is 29.3 Å². The molecule has 1 aliphatic heterocycles. The number of likely N-dealkylation sites (tertiary alicyclic amines) is 1. The number of nitrogens with one attached hydrogen (secondary N) is 1. The van der Waals surface area contributed by atoms with Crippen LogP contribution in [0.25, 0.3) is 11.1 Å². The Morgan fingerprint density at radius 1 is 1.33 bits per heavy atom. The van der Waals surface area contributed by atoms with Crippen LogP contribution in [-0.4, -0.2) is 45.3 Å². The molecule has 1 aromatic carbocycles. The standard InChI is InChI=1S/C19H25N3O2/c1-3-17(23)19(24)22-10-8-14(9-11-22)18-16(12-20-21-18)15-7-5-4-6-13(15)2/h4-7,12,14,17,23H,3,8-11H2,1-2H3,(H,20,21)/t17-/m1/s1.